The van der Waals surface area contributed by atoms with Gasteiger partial charge in [-0.2, -0.15) is 0 Å². The quantitative estimate of drug-likeness (QED) is 0.590. The second-order valence-electron chi connectivity index (χ2n) is 5.32. The number of ether oxygens (including phenoxy) is 2. The van der Waals surface area contributed by atoms with Crippen molar-refractivity contribution in [3.8, 4) is 5.75 Å². The van der Waals surface area contributed by atoms with E-state index in [2.05, 4.69) is 5.32 Å². The van der Waals surface area contributed by atoms with Crippen LogP contribution in [0.3, 0.4) is 0 Å². The largest absolute Gasteiger partial charge is 0.497 e. The van der Waals surface area contributed by atoms with Crippen molar-refractivity contribution in [3.63, 3.8) is 0 Å². The summed E-state index contributed by atoms with van der Waals surface area (Å²) in [7, 11) is 1.65. The molecule has 0 spiro atoms. The van der Waals surface area contributed by atoms with Crippen LogP contribution in [0.4, 0.5) is 0 Å². The third-order valence-electron chi connectivity index (χ3n) is 2.90. The molecule has 5 heteroatoms. The maximum atomic E-state index is 12.2. The van der Waals surface area contributed by atoms with Crippen molar-refractivity contribution in [2.45, 2.75) is 44.2 Å². The fourth-order valence-electron chi connectivity index (χ4n) is 2.01. The van der Waals surface area contributed by atoms with Crippen LogP contribution in [0.5, 0.6) is 5.75 Å². The predicted molar refractivity (Wildman–Crippen MR) is 87.0 cm³/mol. The minimum atomic E-state index is -0.710. The zero-order chi connectivity index (χ0) is 15.9. The molecular weight excluding hydrogens is 286 g/mol. The van der Waals surface area contributed by atoms with Gasteiger partial charge in [0.25, 0.3) is 0 Å². The first-order chi connectivity index (χ1) is 9.91. The summed E-state index contributed by atoms with van der Waals surface area (Å²) < 4.78 is 10.4. The summed E-state index contributed by atoms with van der Waals surface area (Å²) >= 11 is 1.61. The number of hydrogen-bond acceptors (Lipinski definition) is 5. The molecule has 0 aliphatic heterocycles. The first-order valence-corrected chi connectivity index (χ1v) is 8.11. The maximum absolute atomic E-state index is 12.2. The van der Waals surface area contributed by atoms with Gasteiger partial charge < -0.3 is 9.47 Å². The van der Waals surface area contributed by atoms with Crippen LogP contribution in [0, 0.1) is 0 Å². The number of hydrogen-bond donors (Lipinski definition) is 1. The van der Waals surface area contributed by atoms with E-state index in [9.17, 15) is 4.79 Å². The van der Waals surface area contributed by atoms with Crippen LogP contribution in [0.1, 0.15) is 27.7 Å². The number of thioether (sulfide) groups is 1. The van der Waals surface area contributed by atoms with Gasteiger partial charge in [0, 0.05) is 16.7 Å². The van der Waals surface area contributed by atoms with Gasteiger partial charge in [0.15, 0.2) is 0 Å². The van der Waals surface area contributed by atoms with E-state index in [4.69, 9.17) is 9.47 Å². The van der Waals surface area contributed by atoms with Crippen molar-refractivity contribution < 1.29 is 14.3 Å². The van der Waals surface area contributed by atoms with E-state index >= 15 is 0 Å². The number of carbonyl (C=O) groups excluding carboxylic acids is 1. The zero-order valence-corrected chi connectivity index (χ0v) is 14.3. The number of methoxy groups -OCH3 is 1. The molecule has 1 atom stereocenters. The molecular formula is C16H25NO3S. The Morgan fingerprint density at radius 1 is 1.43 bits per heavy atom. The van der Waals surface area contributed by atoms with Gasteiger partial charge in [0.1, 0.15) is 11.3 Å². The Bertz CT molecular complexity index is 465. The lowest BCUT2D eigenvalue weighted by Crippen LogP contribution is -2.55. The molecule has 0 radical (unpaired) electrons. The monoisotopic (exact) mass is 311 g/mol. The van der Waals surface area contributed by atoms with Gasteiger partial charge in [-0.25, -0.2) is 0 Å². The highest BCUT2D eigenvalue weighted by Crippen LogP contribution is 2.27. The number of rotatable bonds is 8. The molecule has 1 rings (SSSR count). The van der Waals surface area contributed by atoms with E-state index in [0.29, 0.717) is 12.4 Å². The van der Waals surface area contributed by atoms with Crippen molar-refractivity contribution in [2.24, 2.45) is 0 Å². The fourth-order valence-corrected chi connectivity index (χ4v) is 3.04. The Kier molecular flexibility index (Phi) is 7.05. The molecule has 0 heterocycles. The summed E-state index contributed by atoms with van der Waals surface area (Å²) in [4.78, 5) is 13.3. The highest BCUT2D eigenvalue weighted by atomic mass is 32.2. The van der Waals surface area contributed by atoms with Crippen LogP contribution in [0.2, 0.25) is 0 Å². The van der Waals surface area contributed by atoms with Crippen LogP contribution in [-0.4, -0.2) is 37.0 Å². The SMILES string of the molecule is CCOC(=O)C(C)(CSc1cccc(OC)c1)NC(C)C. The van der Waals surface area contributed by atoms with Gasteiger partial charge in [-0.15, -0.1) is 11.8 Å². The Balaban J connectivity index is 2.78. The molecule has 1 aromatic carbocycles. The molecule has 1 N–H and O–H groups in total. The van der Waals surface area contributed by atoms with E-state index in [0.717, 1.165) is 10.6 Å². The Morgan fingerprint density at radius 3 is 2.71 bits per heavy atom. The van der Waals surface area contributed by atoms with E-state index < -0.39 is 5.54 Å². The van der Waals surface area contributed by atoms with Gasteiger partial charge in [-0.05, 0) is 45.9 Å². The molecule has 0 fully saturated rings. The van der Waals surface area contributed by atoms with Crippen LogP contribution >= 0.6 is 11.8 Å². The minimum absolute atomic E-state index is 0.199. The van der Waals surface area contributed by atoms with Crippen molar-refractivity contribution >= 4 is 17.7 Å². The van der Waals surface area contributed by atoms with Crippen LogP contribution in [0.25, 0.3) is 0 Å². The highest BCUT2D eigenvalue weighted by molar-refractivity contribution is 7.99. The summed E-state index contributed by atoms with van der Waals surface area (Å²) in [6, 6.07) is 8.02. The van der Waals surface area contributed by atoms with E-state index in [1.165, 1.54) is 0 Å². The second kappa shape index (κ2) is 8.29. The molecule has 0 amide bonds. The van der Waals surface area contributed by atoms with Gasteiger partial charge in [0.2, 0.25) is 0 Å². The smallest absolute Gasteiger partial charge is 0.326 e. The van der Waals surface area contributed by atoms with Crippen molar-refractivity contribution in [3.05, 3.63) is 24.3 Å². The molecule has 1 unspecified atom stereocenters. The molecule has 4 nitrogen and oxygen atoms in total. The minimum Gasteiger partial charge on any atom is -0.497 e. The third kappa shape index (κ3) is 5.59. The molecule has 0 saturated heterocycles. The summed E-state index contributed by atoms with van der Waals surface area (Å²) in [6.07, 6.45) is 0. The third-order valence-corrected chi connectivity index (χ3v) is 4.21. The summed E-state index contributed by atoms with van der Waals surface area (Å²) in [5.41, 5.74) is -0.710. The number of esters is 1. The van der Waals surface area contributed by atoms with Crippen molar-refractivity contribution in [1.29, 1.82) is 0 Å². The Hall–Kier alpha value is -1.20. The number of nitrogens with one attached hydrogen (secondary N) is 1. The van der Waals surface area contributed by atoms with Gasteiger partial charge in [0.05, 0.1) is 13.7 Å². The molecule has 21 heavy (non-hydrogen) atoms. The van der Waals surface area contributed by atoms with E-state index in [1.54, 1.807) is 18.9 Å². The van der Waals surface area contributed by atoms with Crippen molar-refractivity contribution in [1.82, 2.24) is 5.32 Å². The van der Waals surface area contributed by atoms with E-state index in [1.807, 2.05) is 52.0 Å². The Morgan fingerprint density at radius 2 is 2.14 bits per heavy atom. The van der Waals surface area contributed by atoms with Crippen LogP contribution < -0.4 is 10.1 Å². The van der Waals surface area contributed by atoms with Crippen molar-refractivity contribution in [2.75, 3.05) is 19.5 Å². The molecule has 0 aliphatic carbocycles. The van der Waals surface area contributed by atoms with Crippen LogP contribution in [0.15, 0.2) is 29.2 Å². The fraction of sp³-hybridized carbons (Fsp3) is 0.562. The molecule has 0 aromatic heterocycles. The van der Waals surface area contributed by atoms with Crippen LogP contribution in [-0.2, 0) is 9.53 Å². The highest BCUT2D eigenvalue weighted by Gasteiger charge is 2.35. The topological polar surface area (TPSA) is 47.6 Å². The van der Waals surface area contributed by atoms with Gasteiger partial charge in [-0.1, -0.05) is 6.07 Å². The average molecular weight is 311 g/mol. The lowest BCUT2D eigenvalue weighted by molar-refractivity contribution is -0.149. The average Bonchev–Trinajstić information content (AvgIpc) is 2.45. The predicted octanol–water partition coefficient (Wildman–Crippen LogP) is 3.11. The first-order valence-electron chi connectivity index (χ1n) is 7.13. The molecule has 0 aliphatic rings. The number of carbonyl (C=O) groups is 1. The molecule has 1 aromatic rings. The summed E-state index contributed by atoms with van der Waals surface area (Å²) in [6.45, 7) is 8.14. The zero-order valence-electron chi connectivity index (χ0n) is 13.4. The molecule has 118 valence electrons. The first kappa shape index (κ1) is 17.9. The lowest BCUT2D eigenvalue weighted by Gasteiger charge is -2.30. The Labute approximate surface area is 131 Å². The standard InChI is InChI=1S/C16H25NO3S/c1-6-20-15(18)16(4,17-12(2)3)11-21-14-9-7-8-13(10-14)19-5/h7-10,12,17H,6,11H2,1-5H3. The molecule has 0 saturated carbocycles. The van der Waals surface area contributed by atoms with Gasteiger partial charge >= 0.3 is 5.97 Å². The molecule has 0 bridgehead atoms. The lowest BCUT2D eigenvalue weighted by atomic mass is 10.0. The summed E-state index contributed by atoms with van der Waals surface area (Å²) in [5.74, 6) is 1.20. The van der Waals surface area contributed by atoms with Gasteiger partial charge in [-0.3, -0.25) is 10.1 Å². The van der Waals surface area contributed by atoms with E-state index in [-0.39, 0.29) is 12.0 Å². The summed E-state index contributed by atoms with van der Waals surface area (Å²) in [5, 5.41) is 3.31. The number of benzene rings is 1. The normalized spacial score (nSPS) is 13.8. The maximum Gasteiger partial charge on any atom is 0.326 e. The second-order valence-corrected chi connectivity index (χ2v) is 6.37.